The number of likely N-dealkylation sites (tertiary alicyclic amines) is 1. The Bertz CT molecular complexity index is 903. The predicted octanol–water partition coefficient (Wildman–Crippen LogP) is 3.10. The van der Waals surface area contributed by atoms with Crippen molar-refractivity contribution in [2.45, 2.75) is 26.3 Å². The van der Waals surface area contributed by atoms with Gasteiger partial charge in [-0.1, -0.05) is 19.1 Å². The molecule has 7 heteroatoms. The third-order valence-corrected chi connectivity index (χ3v) is 6.10. The van der Waals surface area contributed by atoms with Crippen molar-refractivity contribution in [1.82, 2.24) is 15.5 Å². The normalized spacial score (nSPS) is 16.8. The van der Waals surface area contributed by atoms with Crippen LogP contribution in [0.1, 0.15) is 35.7 Å². The lowest BCUT2D eigenvalue weighted by molar-refractivity contribution is 0.0951. The Morgan fingerprint density at radius 2 is 1.88 bits per heavy atom. The highest BCUT2D eigenvalue weighted by Crippen LogP contribution is 2.20. The Balaban J connectivity index is 1.20. The van der Waals surface area contributed by atoms with Gasteiger partial charge in [0, 0.05) is 24.3 Å². The first kappa shape index (κ1) is 22.1. The van der Waals surface area contributed by atoms with E-state index in [2.05, 4.69) is 32.8 Å². The monoisotopic (exact) mass is 435 g/mol. The van der Waals surface area contributed by atoms with Crippen molar-refractivity contribution in [2.75, 3.05) is 44.6 Å². The molecule has 1 saturated heterocycles. The van der Waals surface area contributed by atoms with Crippen LogP contribution >= 0.6 is 0 Å². The van der Waals surface area contributed by atoms with Gasteiger partial charge in [-0.25, -0.2) is 0 Å². The number of hydrogen-bond acceptors (Lipinski definition) is 6. The van der Waals surface area contributed by atoms with Crippen LogP contribution in [0.2, 0.25) is 0 Å². The van der Waals surface area contributed by atoms with Gasteiger partial charge in [0.1, 0.15) is 5.75 Å². The van der Waals surface area contributed by atoms with E-state index in [4.69, 9.17) is 4.74 Å². The fourth-order valence-corrected chi connectivity index (χ4v) is 3.99. The molecular weight excluding hydrogens is 402 g/mol. The zero-order valence-electron chi connectivity index (χ0n) is 18.8. The van der Waals surface area contributed by atoms with E-state index in [1.54, 1.807) is 0 Å². The highest BCUT2D eigenvalue weighted by Gasteiger charge is 2.18. The number of nitrogens with zero attached hydrogens (tertiary/aromatic N) is 2. The number of benzene rings is 2. The molecule has 0 aliphatic carbocycles. The highest BCUT2D eigenvalue weighted by molar-refractivity contribution is 5.95. The lowest BCUT2D eigenvalue weighted by atomic mass is 9.98. The summed E-state index contributed by atoms with van der Waals surface area (Å²) >= 11 is 0. The molecular formula is C25H33N5O2. The first-order valence-corrected chi connectivity index (χ1v) is 11.6. The molecule has 2 aromatic rings. The summed E-state index contributed by atoms with van der Waals surface area (Å²) in [5, 5.41) is 9.40. The predicted molar refractivity (Wildman–Crippen MR) is 128 cm³/mol. The quantitative estimate of drug-likeness (QED) is 0.594. The molecule has 1 amide bonds. The Labute approximate surface area is 190 Å². The molecule has 170 valence electrons. The molecule has 0 aromatic heterocycles. The number of carbonyl (C=O) groups is 1. The number of anilines is 1. The van der Waals surface area contributed by atoms with Gasteiger partial charge < -0.3 is 25.6 Å². The minimum atomic E-state index is -0.0878. The standard InChI is InChI=1S/C25H33N5O2/c1-2-30-15-11-20(12-16-30)18-32-23-9-5-21(6-10-23)24(31)28-17-19-3-7-22(8-4-19)29-25-26-13-14-27-25/h3-10,20H,2,11-18H2,1H3,(H,28,31)(H2,26,27,29). The number of guanidine groups is 1. The van der Waals surface area contributed by atoms with E-state index in [1.165, 1.54) is 12.8 Å². The number of amides is 1. The average Bonchev–Trinajstić information content (AvgIpc) is 3.36. The van der Waals surface area contributed by atoms with E-state index < -0.39 is 0 Å². The summed E-state index contributed by atoms with van der Waals surface area (Å²) in [5.74, 6) is 2.16. The summed E-state index contributed by atoms with van der Waals surface area (Å²) in [5.41, 5.74) is 2.65. The van der Waals surface area contributed by atoms with E-state index in [9.17, 15) is 4.79 Å². The number of ether oxygens (including phenoxy) is 1. The van der Waals surface area contributed by atoms with Gasteiger partial charge in [0.2, 0.25) is 0 Å². The first-order valence-electron chi connectivity index (χ1n) is 11.6. The Hall–Kier alpha value is -3.06. The van der Waals surface area contributed by atoms with Gasteiger partial charge in [-0.3, -0.25) is 9.79 Å². The van der Waals surface area contributed by atoms with Crippen LogP contribution in [0.15, 0.2) is 53.5 Å². The van der Waals surface area contributed by atoms with Gasteiger partial charge in [0.25, 0.3) is 5.91 Å². The van der Waals surface area contributed by atoms with E-state index in [1.807, 2.05) is 48.5 Å². The third kappa shape index (κ3) is 6.23. The number of rotatable bonds is 8. The average molecular weight is 436 g/mol. The molecule has 3 N–H and O–H groups in total. The second-order valence-corrected chi connectivity index (χ2v) is 8.37. The second-order valence-electron chi connectivity index (χ2n) is 8.37. The largest absolute Gasteiger partial charge is 0.493 e. The molecule has 1 fully saturated rings. The van der Waals surface area contributed by atoms with Crippen LogP contribution in [0.5, 0.6) is 5.75 Å². The topological polar surface area (TPSA) is 78.0 Å². The van der Waals surface area contributed by atoms with Crippen molar-refractivity contribution in [1.29, 1.82) is 0 Å². The van der Waals surface area contributed by atoms with Crippen LogP contribution in [0.4, 0.5) is 5.69 Å². The maximum Gasteiger partial charge on any atom is 0.251 e. The minimum Gasteiger partial charge on any atom is -0.493 e. The molecule has 2 aliphatic rings. The molecule has 7 nitrogen and oxygen atoms in total. The molecule has 0 saturated carbocycles. The molecule has 2 aromatic carbocycles. The zero-order valence-corrected chi connectivity index (χ0v) is 18.8. The molecule has 2 heterocycles. The summed E-state index contributed by atoms with van der Waals surface area (Å²) in [6, 6.07) is 15.4. The van der Waals surface area contributed by atoms with Crippen LogP contribution in [0, 0.1) is 5.92 Å². The molecule has 0 atom stereocenters. The summed E-state index contributed by atoms with van der Waals surface area (Å²) < 4.78 is 5.97. The third-order valence-electron chi connectivity index (χ3n) is 6.10. The Morgan fingerprint density at radius 1 is 1.12 bits per heavy atom. The smallest absolute Gasteiger partial charge is 0.251 e. The van der Waals surface area contributed by atoms with Gasteiger partial charge in [0.05, 0.1) is 13.2 Å². The Kier molecular flexibility index (Phi) is 7.61. The van der Waals surface area contributed by atoms with Crippen molar-refractivity contribution < 1.29 is 9.53 Å². The van der Waals surface area contributed by atoms with Crippen molar-refractivity contribution in [3.63, 3.8) is 0 Å². The van der Waals surface area contributed by atoms with Gasteiger partial charge >= 0.3 is 0 Å². The fourth-order valence-electron chi connectivity index (χ4n) is 3.99. The van der Waals surface area contributed by atoms with E-state index in [0.717, 1.165) is 62.3 Å². The molecule has 32 heavy (non-hydrogen) atoms. The van der Waals surface area contributed by atoms with Crippen LogP contribution in [-0.4, -0.2) is 56.1 Å². The molecule has 4 rings (SSSR count). The van der Waals surface area contributed by atoms with Crippen molar-refractivity contribution in [2.24, 2.45) is 10.9 Å². The lowest BCUT2D eigenvalue weighted by Crippen LogP contribution is -2.35. The SMILES string of the molecule is CCN1CCC(COc2ccc(C(=O)NCc3ccc(NC4=NCCN4)cc3)cc2)CC1. The van der Waals surface area contributed by atoms with Crippen molar-refractivity contribution in [3.05, 3.63) is 59.7 Å². The number of piperidine rings is 1. The van der Waals surface area contributed by atoms with E-state index >= 15 is 0 Å². The van der Waals surface area contributed by atoms with Crippen LogP contribution < -0.4 is 20.7 Å². The lowest BCUT2D eigenvalue weighted by Gasteiger charge is -2.30. The summed E-state index contributed by atoms with van der Waals surface area (Å²) in [4.78, 5) is 19.3. The molecule has 0 spiro atoms. The fraction of sp³-hybridized carbons (Fsp3) is 0.440. The van der Waals surface area contributed by atoms with Gasteiger partial charge in [-0.2, -0.15) is 0 Å². The van der Waals surface area contributed by atoms with Crippen LogP contribution in [-0.2, 0) is 6.54 Å². The maximum absolute atomic E-state index is 12.5. The van der Waals surface area contributed by atoms with Crippen molar-refractivity contribution in [3.8, 4) is 5.75 Å². The summed E-state index contributed by atoms with van der Waals surface area (Å²) in [7, 11) is 0. The van der Waals surface area contributed by atoms with Crippen molar-refractivity contribution >= 4 is 17.6 Å². The molecule has 0 bridgehead atoms. The van der Waals surface area contributed by atoms with E-state index in [-0.39, 0.29) is 5.91 Å². The van der Waals surface area contributed by atoms with E-state index in [0.29, 0.717) is 18.0 Å². The number of nitrogens with one attached hydrogen (secondary N) is 3. The van der Waals surface area contributed by atoms with Gasteiger partial charge in [0.15, 0.2) is 5.96 Å². The molecule has 2 aliphatic heterocycles. The Morgan fingerprint density at radius 3 is 2.53 bits per heavy atom. The maximum atomic E-state index is 12.5. The van der Waals surface area contributed by atoms with Gasteiger partial charge in [-0.05, 0) is 80.4 Å². The van der Waals surface area contributed by atoms with Gasteiger partial charge in [-0.15, -0.1) is 0 Å². The summed E-state index contributed by atoms with van der Waals surface area (Å²) in [6.45, 7) is 8.58. The number of hydrogen-bond donors (Lipinski definition) is 3. The first-order chi connectivity index (χ1) is 15.7. The number of carbonyl (C=O) groups excluding carboxylic acids is 1. The molecule has 0 radical (unpaired) electrons. The van der Waals surface area contributed by atoms with Crippen LogP contribution in [0.25, 0.3) is 0 Å². The summed E-state index contributed by atoms with van der Waals surface area (Å²) in [6.07, 6.45) is 2.38. The number of aliphatic imine (C=N–C) groups is 1. The molecule has 0 unspecified atom stereocenters. The highest BCUT2D eigenvalue weighted by atomic mass is 16.5. The second kappa shape index (κ2) is 11.0. The minimum absolute atomic E-state index is 0.0878. The van der Waals surface area contributed by atoms with Crippen LogP contribution in [0.3, 0.4) is 0 Å². The zero-order chi connectivity index (χ0) is 22.2.